The average molecular weight is 267 g/mol. The van der Waals surface area contributed by atoms with Gasteiger partial charge in [-0.2, -0.15) is 11.8 Å². The summed E-state index contributed by atoms with van der Waals surface area (Å²) in [5.74, 6) is 1.66. The number of thioether (sulfide) groups is 1. The van der Waals surface area contributed by atoms with Crippen LogP contribution in [0.1, 0.15) is 43.7 Å². The molecule has 18 heavy (non-hydrogen) atoms. The number of hydrogen-bond acceptors (Lipinski definition) is 2. The summed E-state index contributed by atoms with van der Waals surface area (Å²) in [6, 6.07) is 5.34. The van der Waals surface area contributed by atoms with Crippen LogP contribution in [0.25, 0.3) is 0 Å². The zero-order valence-electron chi connectivity index (χ0n) is 11.0. The third-order valence-corrected chi connectivity index (χ3v) is 5.10. The summed E-state index contributed by atoms with van der Waals surface area (Å²) in [7, 11) is 0. The molecule has 0 aliphatic heterocycles. The van der Waals surface area contributed by atoms with E-state index in [0.29, 0.717) is 5.56 Å². The van der Waals surface area contributed by atoms with Crippen LogP contribution >= 0.6 is 11.8 Å². The maximum atomic E-state index is 13.3. The van der Waals surface area contributed by atoms with Gasteiger partial charge in [-0.05, 0) is 30.4 Å². The second-order valence-electron chi connectivity index (χ2n) is 5.33. The summed E-state index contributed by atoms with van der Waals surface area (Å²) in [4.78, 5) is 0. The van der Waals surface area contributed by atoms with Crippen LogP contribution in [0.4, 0.5) is 4.39 Å². The van der Waals surface area contributed by atoms with Crippen LogP contribution in [0.3, 0.4) is 0 Å². The summed E-state index contributed by atoms with van der Waals surface area (Å²) in [6.07, 6.45) is 5.40. The zero-order valence-corrected chi connectivity index (χ0v) is 11.8. The fourth-order valence-corrected chi connectivity index (χ4v) is 4.02. The van der Waals surface area contributed by atoms with Gasteiger partial charge >= 0.3 is 0 Å². The molecule has 1 nitrogen and oxygen atoms in total. The Bertz CT molecular complexity index is 394. The van der Waals surface area contributed by atoms with E-state index in [0.717, 1.165) is 16.9 Å². The van der Waals surface area contributed by atoms with Crippen molar-refractivity contribution in [1.82, 2.24) is 0 Å². The molecule has 0 amide bonds. The van der Waals surface area contributed by atoms with E-state index in [1.807, 2.05) is 23.9 Å². The number of halogens is 1. The second kappa shape index (κ2) is 6.58. The first kappa shape index (κ1) is 13.9. The maximum absolute atomic E-state index is 13.3. The lowest BCUT2D eigenvalue weighted by atomic mass is 9.91. The normalized spacial score (nSPS) is 24.2. The molecular formula is C15H22FNS. The third-order valence-electron chi connectivity index (χ3n) is 3.70. The minimum atomic E-state index is -0.183. The fourth-order valence-electron chi connectivity index (χ4n) is 2.62. The molecule has 2 N–H and O–H groups in total. The lowest BCUT2D eigenvalue weighted by Crippen LogP contribution is -2.15. The smallest absolute Gasteiger partial charge is 0.127 e. The van der Waals surface area contributed by atoms with Crippen molar-refractivity contribution < 1.29 is 4.39 Å². The van der Waals surface area contributed by atoms with Crippen LogP contribution < -0.4 is 5.73 Å². The highest BCUT2D eigenvalue weighted by atomic mass is 32.2. The van der Waals surface area contributed by atoms with Crippen molar-refractivity contribution >= 4 is 11.8 Å². The van der Waals surface area contributed by atoms with E-state index in [1.54, 1.807) is 6.07 Å². The lowest BCUT2D eigenvalue weighted by Gasteiger charge is -2.26. The Hall–Kier alpha value is -0.540. The predicted octanol–water partition coefficient (Wildman–Crippen LogP) is 4.10. The minimum absolute atomic E-state index is 0.183. The van der Waals surface area contributed by atoms with Crippen molar-refractivity contribution in [1.29, 1.82) is 0 Å². The molecule has 1 aromatic carbocycles. The van der Waals surface area contributed by atoms with E-state index in [1.165, 1.54) is 31.2 Å². The average Bonchev–Trinajstić information content (AvgIpc) is 2.38. The molecular weight excluding hydrogens is 245 g/mol. The van der Waals surface area contributed by atoms with Crippen molar-refractivity contribution in [3.8, 4) is 0 Å². The molecule has 0 heterocycles. The maximum Gasteiger partial charge on any atom is 0.127 e. The third kappa shape index (κ3) is 3.72. The highest BCUT2D eigenvalue weighted by Crippen LogP contribution is 2.33. The van der Waals surface area contributed by atoms with Gasteiger partial charge in [0.2, 0.25) is 0 Å². The Balaban J connectivity index is 1.89. The van der Waals surface area contributed by atoms with Gasteiger partial charge in [-0.1, -0.05) is 31.9 Å². The topological polar surface area (TPSA) is 26.0 Å². The number of nitrogens with two attached hydrogens (primary N) is 1. The summed E-state index contributed by atoms with van der Waals surface area (Å²) in [5, 5.41) is 0.778. The van der Waals surface area contributed by atoms with Gasteiger partial charge in [-0.3, -0.25) is 0 Å². The van der Waals surface area contributed by atoms with E-state index in [9.17, 15) is 4.39 Å². The molecule has 100 valence electrons. The van der Waals surface area contributed by atoms with Gasteiger partial charge in [0.25, 0.3) is 0 Å². The zero-order chi connectivity index (χ0) is 13.0. The first-order chi connectivity index (χ1) is 8.69. The first-order valence-electron chi connectivity index (χ1n) is 6.78. The highest BCUT2D eigenvalue weighted by Gasteiger charge is 2.19. The van der Waals surface area contributed by atoms with E-state index in [4.69, 9.17) is 5.73 Å². The Morgan fingerprint density at radius 2 is 2.22 bits per heavy atom. The monoisotopic (exact) mass is 267 g/mol. The van der Waals surface area contributed by atoms with Gasteiger partial charge in [0.1, 0.15) is 5.82 Å². The quantitative estimate of drug-likeness (QED) is 0.889. The summed E-state index contributed by atoms with van der Waals surface area (Å²) in [6.45, 7) is 2.63. The van der Waals surface area contributed by atoms with E-state index < -0.39 is 0 Å². The van der Waals surface area contributed by atoms with Crippen LogP contribution in [-0.2, 0) is 12.3 Å². The van der Waals surface area contributed by atoms with Crippen molar-refractivity contribution in [2.45, 2.75) is 50.2 Å². The molecule has 1 saturated carbocycles. The van der Waals surface area contributed by atoms with Crippen LogP contribution in [0.5, 0.6) is 0 Å². The van der Waals surface area contributed by atoms with Gasteiger partial charge in [0.05, 0.1) is 0 Å². The summed E-state index contributed by atoms with van der Waals surface area (Å²) < 4.78 is 13.3. The van der Waals surface area contributed by atoms with Crippen molar-refractivity contribution in [3.05, 3.63) is 35.1 Å². The Labute approximate surface area is 113 Å². The fraction of sp³-hybridized carbons (Fsp3) is 0.600. The molecule has 2 unspecified atom stereocenters. The van der Waals surface area contributed by atoms with E-state index >= 15 is 0 Å². The molecule has 1 aliphatic carbocycles. The van der Waals surface area contributed by atoms with Gasteiger partial charge in [0, 0.05) is 23.1 Å². The molecule has 2 rings (SSSR count). The molecule has 0 radical (unpaired) electrons. The number of hydrogen-bond donors (Lipinski definition) is 1. The second-order valence-corrected chi connectivity index (χ2v) is 6.62. The number of rotatable bonds is 4. The van der Waals surface area contributed by atoms with Gasteiger partial charge < -0.3 is 5.73 Å². The summed E-state index contributed by atoms with van der Waals surface area (Å²) >= 11 is 2.02. The lowest BCUT2D eigenvalue weighted by molar-refractivity contribution is 0.394. The van der Waals surface area contributed by atoms with E-state index in [2.05, 4.69) is 6.92 Å². The predicted molar refractivity (Wildman–Crippen MR) is 77.0 cm³/mol. The van der Waals surface area contributed by atoms with Crippen molar-refractivity contribution in [3.63, 3.8) is 0 Å². The first-order valence-corrected chi connectivity index (χ1v) is 7.83. The van der Waals surface area contributed by atoms with Crippen LogP contribution in [0.15, 0.2) is 18.2 Å². The molecule has 3 heteroatoms. The van der Waals surface area contributed by atoms with Crippen LogP contribution in [0.2, 0.25) is 0 Å². The van der Waals surface area contributed by atoms with Crippen LogP contribution in [0, 0.1) is 11.7 Å². The van der Waals surface area contributed by atoms with Crippen molar-refractivity contribution in [2.75, 3.05) is 0 Å². The molecule has 0 aromatic heterocycles. The largest absolute Gasteiger partial charge is 0.326 e. The molecule has 2 atom stereocenters. The van der Waals surface area contributed by atoms with Gasteiger partial charge in [-0.25, -0.2) is 4.39 Å². The van der Waals surface area contributed by atoms with E-state index in [-0.39, 0.29) is 12.4 Å². The molecule has 0 spiro atoms. The number of benzene rings is 1. The van der Waals surface area contributed by atoms with Crippen LogP contribution in [-0.4, -0.2) is 5.25 Å². The molecule has 0 saturated heterocycles. The molecule has 1 aromatic rings. The van der Waals surface area contributed by atoms with Crippen molar-refractivity contribution in [2.24, 2.45) is 11.7 Å². The summed E-state index contributed by atoms with van der Waals surface area (Å²) in [5.41, 5.74) is 7.35. The standard InChI is InChI=1S/C15H22FNS/c1-11-3-2-4-14(7-11)18-10-12-5-6-15(16)13(8-12)9-17/h5-6,8,11,14H,2-4,7,9-10,17H2,1H3. The Morgan fingerprint density at radius 3 is 2.94 bits per heavy atom. The highest BCUT2D eigenvalue weighted by molar-refractivity contribution is 7.99. The Morgan fingerprint density at radius 1 is 1.39 bits per heavy atom. The van der Waals surface area contributed by atoms with Gasteiger partial charge in [-0.15, -0.1) is 0 Å². The molecule has 1 aliphatic rings. The molecule has 0 bridgehead atoms. The SMILES string of the molecule is CC1CCCC(SCc2ccc(F)c(CN)c2)C1. The van der Waals surface area contributed by atoms with Gasteiger partial charge in [0.15, 0.2) is 0 Å². The minimum Gasteiger partial charge on any atom is -0.326 e. The molecule has 1 fully saturated rings. The Kier molecular flexibility index (Phi) is 5.07.